The second-order valence-corrected chi connectivity index (χ2v) is 4.78. The van der Waals surface area contributed by atoms with E-state index in [1.165, 1.54) is 0 Å². The molecule has 0 fully saturated rings. The molecule has 0 bridgehead atoms. The van der Waals surface area contributed by atoms with E-state index in [0.29, 0.717) is 10.6 Å². The summed E-state index contributed by atoms with van der Waals surface area (Å²) in [7, 11) is 0. The number of alkyl halides is 1. The molecule has 1 unspecified atom stereocenters. The minimum Gasteiger partial charge on any atom is -0.327 e. The zero-order valence-electron chi connectivity index (χ0n) is 9.94. The van der Waals surface area contributed by atoms with Crippen molar-refractivity contribution in [2.75, 3.05) is 6.54 Å². The van der Waals surface area contributed by atoms with Gasteiger partial charge in [-0.3, -0.25) is 0 Å². The molecule has 18 heavy (non-hydrogen) atoms. The monoisotopic (exact) mass is 263 g/mol. The van der Waals surface area contributed by atoms with Gasteiger partial charge in [-0.05, 0) is 23.3 Å². The number of halogens is 2. The summed E-state index contributed by atoms with van der Waals surface area (Å²) in [4.78, 5) is 0. The van der Waals surface area contributed by atoms with Crippen molar-refractivity contribution >= 4 is 11.6 Å². The van der Waals surface area contributed by atoms with Crippen LogP contribution in [0.15, 0.2) is 54.6 Å². The van der Waals surface area contributed by atoms with Crippen LogP contribution < -0.4 is 5.73 Å². The minimum atomic E-state index is -1.55. The van der Waals surface area contributed by atoms with Gasteiger partial charge in [0.05, 0.1) is 0 Å². The summed E-state index contributed by atoms with van der Waals surface area (Å²) in [6.07, 6.45) is 0.230. The number of benzene rings is 2. The van der Waals surface area contributed by atoms with Crippen LogP contribution in [-0.2, 0) is 12.1 Å². The molecule has 2 N–H and O–H groups in total. The summed E-state index contributed by atoms with van der Waals surface area (Å²) in [5, 5.41) is 0.611. The highest BCUT2D eigenvalue weighted by molar-refractivity contribution is 6.30. The SMILES string of the molecule is NCC(F)(Cc1cccc(Cl)c1)c1ccccc1. The van der Waals surface area contributed by atoms with Gasteiger partial charge >= 0.3 is 0 Å². The standard InChI is InChI=1S/C15H15ClFN/c16-14-8-4-5-12(9-14)10-15(17,11-18)13-6-2-1-3-7-13/h1-9H,10-11,18H2. The molecule has 0 aromatic heterocycles. The van der Waals surface area contributed by atoms with Gasteiger partial charge in [-0.1, -0.05) is 54.1 Å². The Hall–Kier alpha value is -1.38. The zero-order chi connectivity index (χ0) is 13.0. The second-order valence-electron chi connectivity index (χ2n) is 4.34. The Morgan fingerprint density at radius 3 is 2.39 bits per heavy atom. The first-order valence-corrected chi connectivity index (χ1v) is 6.21. The van der Waals surface area contributed by atoms with Crippen molar-refractivity contribution in [1.82, 2.24) is 0 Å². The van der Waals surface area contributed by atoms with E-state index in [1.54, 1.807) is 24.3 Å². The lowest BCUT2D eigenvalue weighted by Crippen LogP contribution is -2.32. The highest BCUT2D eigenvalue weighted by atomic mass is 35.5. The van der Waals surface area contributed by atoms with Crippen LogP contribution in [-0.4, -0.2) is 6.54 Å². The van der Waals surface area contributed by atoms with Gasteiger partial charge in [-0.25, -0.2) is 4.39 Å². The summed E-state index contributed by atoms with van der Waals surface area (Å²) in [5.74, 6) is 0. The number of rotatable bonds is 4. The third-order valence-corrected chi connectivity index (χ3v) is 3.22. The lowest BCUT2D eigenvalue weighted by Gasteiger charge is -2.24. The quantitative estimate of drug-likeness (QED) is 0.894. The average molecular weight is 264 g/mol. The highest BCUT2D eigenvalue weighted by Gasteiger charge is 2.30. The maximum absolute atomic E-state index is 14.9. The van der Waals surface area contributed by atoms with Crippen LogP contribution in [0.4, 0.5) is 4.39 Å². The molecule has 2 rings (SSSR count). The number of hydrogen-bond donors (Lipinski definition) is 1. The van der Waals surface area contributed by atoms with E-state index in [1.807, 2.05) is 30.3 Å². The molecule has 0 aliphatic rings. The molecule has 3 heteroatoms. The lowest BCUT2D eigenvalue weighted by molar-refractivity contribution is 0.175. The normalized spacial score (nSPS) is 14.2. The van der Waals surface area contributed by atoms with Crippen LogP contribution in [0.5, 0.6) is 0 Å². The Kier molecular flexibility index (Phi) is 4.00. The topological polar surface area (TPSA) is 26.0 Å². The minimum absolute atomic E-state index is 0.0521. The van der Waals surface area contributed by atoms with Crippen LogP contribution >= 0.6 is 11.6 Å². The van der Waals surface area contributed by atoms with Gasteiger partial charge in [0.2, 0.25) is 0 Å². The third-order valence-electron chi connectivity index (χ3n) is 2.99. The van der Waals surface area contributed by atoms with Crippen molar-refractivity contribution in [3.8, 4) is 0 Å². The average Bonchev–Trinajstić information content (AvgIpc) is 2.39. The van der Waals surface area contributed by atoms with Gasteiger partial charge in [-0.15, -0.1) is 0 Å². The first kappa shape index (κ1) is 13.1. The maximum Gasteiger partial charge on any atom is 0.152 e. The van der Waals surface area contributed by atoms with Crippen molar-refractivity contribution < 1.29 is 4.39 Å². The van der Waals surface area contributed by atoms with Crippen molar-refractivity contribution in [3.63, 3.8) is 0 Å². The summed E-state index contributed by atoms with van der Waals surface area (Å²) in [6, 6.07) is 16.2. The third kappa shape index (κ3) is 2.89. The molecule has 2 aromatic carbocycles. The molecular formula is C15H15ClFN. The van der Waals surface area contributed by atoms with Crippen molar-refractivity contribution in [2.24, 2.45) is 5.73 Å². The van der Waals surface area contributed by atoms with E-state index in [0.717, 1.165) is 5.56 Å². The van der Waals surface area contributed by atoms with Crippen LogP contribution in [0.1, 0.15) is 11.1 Å². The van der Waals surface area contributed by atoms with Crippen LogP contribution in [0, 0.1) is 0 Å². The largest absolute Gasteiger partial charge is 0.327 e. The molecule has 1 nitrogen and oxygen atoms in total. The van der Waals surface area contributed by atoms with Gasteiger partial charge < -0.3 is 5.73 Å². The predicted octanol–water partition coefficient (Wildman–Crippen LogP) is 3.71. The van der Waals surface area contributed by atoms with E-state index in [-0.39, 0.29) is 13.0 Å². The van der Waals surface area contributed by atoms with E-state index in [4.69, 9.17) is 17.3 Å². The van der Waals surface area contributed by atoms with E-state index in [2.05, 4.69) is 0 Å². The predicted molar refractivity (Wildman–Crippen MR) is 73.4 cm³/mol. The Balaban J connectivity index is 2.29. The number of nitrogens with two attached hydrogens (primary N) is 1. The number of hydrogen-bond acceptors (Lipinski definition) is 1. The van der Waals surface area contributed by atoms with Crippen molar-refractivity contribution in [1.29, 1.82) is 0 Å². The van der Waals surface area contributed by atoms with Crippen LogP contribution in [0.25, 0.3) is 0 Å². The molecular weight excluding hydrogens is 249 g/mol. The molecule has 0 saturated carbocycles. The van der Waals surface area contributed by atoms with Crippen molar-refractivity contribution in [3.05, 3.63) is 70.7 Å². The summed E-state index contributed by atoms with van der Waals surface area (Å²) >= 11 is 5.91. The molecule has 0 aliphatic heterocycles. The summed E-state index contributed by atoms with van der Waals surface area (Å²) in [6.45, 7) is -0.0521. The van der Waals surface area contributed by atoms with E-state index < -0.39 is 5.67 Å². The van der Waals surface area contributed by atoms with Gasteiger partial charge in [0.1, 0.15) is 0 Å². The zero-order valence-corrected chi connectivity index (χ0v) is 10.7. The van der Waals surface area contributed by atoms with Gasteiger partial charge in [-0.2, -0.15) is 0 Å². The van der Waals surface area contributed by atoms with Crippen LogP contribution in [0.2, 0.25) is 5.02 Å². The highest BCUT2D eigenvalue weighted by Crippen LogP contribution is 2.29. The summed E-state index contributed by atoms with van der Waals surface area (Å²) in [5.41, 5.74) is 5.52. The molecule has 0 aliphatic carbocycles. The first-order chi connectivity index (χ1) is 8.64. The molecule has 94 valence electrons. The molecule has 1 atom stereocenters. The molecule has 0 amide bonds. The second kappa shape index (κ2) is 5.51. The fourth-order valence-corrected chi connectivity index (χ4v) is 2.21. The van der Waals surface area contributed by atoms with E-state index >= 15 is 0 Å². The molecule has 0 radical (unpaired) electrons. The first-order valence-electron chi connectivity index (χ1n) is 5.83. The summed E-state index contributed by atoms with van der Waals surface area (Å²) < 4.78 is 14.9. The Morgan fingerprint density at radius 1 is 1.06 bits per heavy atom. The van der Waals surface area contributed by atoms with E-state index in [9.17, 15) is 4.39 Å². The van der Waals surface area contributed by atoms with Gasteiger partial charge in [0, 0.05) is 18.0 Å². The smallest absolute Gasteiger partial charge is 0.152 e. The molecule has 0 heterocycles. The Morgan fingerprint density at radius 2 is 1.78 bits per heavy atom. The maximum atomic E-state index is 14.9. The molecule has 2 aromatic rings. The lowest BCUT2D eigenvalue weighted by atomic mass is 9.89. The fourth-order valence-electron chi connectivity index (χ4n) is 2.00. The van der Waals surface area contributed by atoms with Crippen molar-refractivity contribution in [2.45, 2.75) is 12.1 Å². The molecule has 0 saturated heterocycles. The van der Waals surface area contributed by atoms with Crippen LogP contribution in [0.3, 0.4) is 0 Å². The Bertz CT molecular complexity index is 515. The molecule has 0 spiro atoms. The van der Waals surface area contributed by atoms with Gasteiger partial charge in [0.15, 0.2) is 5.67 Å². The fraction of sp³-hybridized carbons (Fsp3) is 0.200. The Labute approximate surface area is 111 Å². The van der Waals surface area contributed by atoms with Gasteiger partial charge in [0.25, 0.3) is 0 Å².